The third-order valence-electron chi connectivity index (χ3n) is 3.91. The van der Waals surface area contributed by atoms with Crippen molar-refractivity contribution in [3.8, 4) is 6.07 Å². The van der Waals surface area contributed by atoms with Crippen molar-refractivity contribution in [2.24, 2.45) is 11.7 Å². The van der Waals surface area contributed by atoms with E-state index in [1.807, 2.05) is 30.3 Å². The van der Waals surface area contributed by atoms with Crippen LogP contribution in [-0.2, 0) is 5.54 Å². The van der Waals surface area contributed by atoms with E-state index in [-0.39, 0.29) is 0 Å². The molecule has 2 N–H and O–H groups in total. The monoisotopic (exact) mass is 243 g/mol. The van der Waals surface area contributed by atoms with Crippen LogP contribution in [-0.4, -0.2) is 24.5 Å². The highest BCUT2D eigenvalue weighted by atomic mass is 15.2. The zero-order chi connectivity index (χ0) is 13.0. The number of benzene rings is 1. The van der Waals surface area contributed by atoms with E-state index in [2.05, 4.69) is 17.9 Å². The fourth-order valence-electron chi connectivity index (χ4n) is 2.67. The van der Waals surface area contributed by atoms with Crippen LogP contribution in [0.2, 0.25) is 0 Å². The highest BCUT2D eigenvalue weighted by Crippen LogP contribution is 2.24. The Morgan fingerprint density at radius 3 is 2.72 bits per heavy atom. The Morgan fingerprint density at radius 2 is 2.17 bits per heavy atom. The first-order valence-corrected chi connectivity index (χ1v) is 6.66. The smallest absolute Gasteiger partial charge is 0.142 e. The molecular weight excluding hydrogens is 222 g/mol. The molecule has 0 radical (unpaired) electrons. The summed E-state index contributed by atoms with van der Waals surface area (Å²) in [6, 6.07) is 12.0. The Balaban J connectivity index is 2.08. The van der Waals surface area contributed by atoms with E-state index in [1.165, 1.54) is 12.8 Å². The topological polar surface area (TPSA) is 53.0 Å². The van der Waals surface area contributed by atoms with Crippen molar-refractivity contribution in [3.05, 3.63) is 35.9 Å². The van der Waals surface area contributed by atoms with E-state index in [4.69, 9.17) is 5.73 Å². The standard InChI is InChI=1S/C15H21N3/c1-2-13-8-9-18(10-13)12-15(17,11-16)14-6-4-3-5-7-14/h3-7,13H,2,8-10,12,17H2,1H3. The van der Waals surface area contributed by atoms with Gasteiger partial charge < -0.3 is 5.73 Å². The van der Waals surface area contributed by atoms with Gasteiger partial charge in [0.1, 0.15) is 5.54 Å². The number of rotatable bonds is 4. The van der Waals surface area contributed by atoms with Crippen LogP contribution in [0.1, 0.15) is 25.3 Å². The highest BCUT2D eigenvalue weighted by molar-refractivity contribution is 5.31. The number of hydrogen-bond acceptors (Lipinski definition) is 3. The number of nitrogens with two attached hydrogens (primary N) is 1. The molecule has 1 heterocycles. The van der Waals surface area contributed by atoms with Crippen LogP contribution in [0.25, 0.3) is 0 Å². The van der Waals surface area contributed by atoms with Crippen LogP contribution in [0.5, 0.6) is 0 Å². The second kappa shape index (κ2) is 5.51. The lowest BCUT2D eigenvalue weighted by atomic mass is 9.92. The zero-order valence-electron chi connectivity index (χ0n) is 11.0. The molecule has 1 aliphatic rings. The van der Waals surface area contributed by atoms with Crippen molar-refractivity contribution >= 4 is 0 Å². The molecule has 0 aromatic heterocycles. The van der Waals surface area contributed by atoms with E-state index in [0.717, 1.165) is 24.6 Å². The summed E-state index contributed by atoms with van der Waals surface area (Å²) in [6.07, 6.45) is 2.44. The molecule has 1 aliphatic heterocycles. The maximum atomic E-state index is 9.42. The van der Waals surface area contributed by atoms with Crippen LogP contribution in [0, 0.1) is 17.2 Å². The molecular formula is C15H21N3. The van der Waals surface area contributed by atoms with Gasteiger partial charge in [0.25, 0.3) is 0 Å². The fourth-order valence-corrected chi connectivity index (χ4v) is 2.67. The van der Waals surface area contributed by atoms with Gasteiger partial charge in [0, 0.05) is 13.1 Å². The predicted molar refractivity (Wildman–Crippen MR) is 72.8 cm³/mol. The van der Waals surface area contributed by atoms with Gasteiger partial charge >= 0.3 is 0 Å². The fraction of sp³-hybridized carbons (Fsp3) is 0.533. The molecule has 2 unspecified atom stereocenters. The lowest BCUT2D eigenvalue weighted by Crippen LogP contribution is -2.46. The summed E-state index contributed by atoms with van der Waals surface area (Å²) in [4.78, 5) is 2.32. The summed E-state index contributed by atoms with van der Waals surface area (Å²) in [6.45, 7) is 4.99. The zero-order valence-corrected chi connectivity index (χ0v) is 11.0. The Kier molecular flexibility index (Phi) is 4.00. The molecule has 18 heavy (non-hydrogen) atoms. The van der Waals surface area contributed by atoms with E-state index in [9.17, 15) is 5.26 Å². The summed E-state index contributed by atoms with van der Waals surface area (Å²) in [5.74, 6) is 0.767. The minimum atomic E-state index is -0.885. The molecule has 3 heteroatoms. The second-order valence-corrected chi connectivity index (χ2v) is 5.25. The van der Waals surface area contributed by atoms with Crippen molar-refractivity contribution in [2.75, 3.05) is 19.6 Å². The van der Waals surface area contributed by atoms with Crippen molar-refractivity contribution < 1.29 is 0 Å². The van der Waals surface area contributed by atoms with Gasteiger partial charge in [0.15, 0.2) is 0 Å². The van der Waals surface area contributed by atoms with Gasteiger partial charge in [-0.1, -0.05) is 43.7 Å². The van der Waals surface area contributed by atoms with Gasteiger partial charge in [0.05, 0.1) is 6.07 Å². The highest BCUT2D eigenvalue weighted by Gasteiger charge is 2.32. The maximum absolute atomic E-state index is 9.42. The van der Waals surface area contributed by atoms with Gasteiger partial charge in [-0.15, -0.1) is 0 Å². The van der Waals surface area contributed by atoms with Crippen molar-refractivity contribution in [2.45, 2.75) is 25.3 Å². The largest absolute Gasteiger partial charge is 0.309 e. The molecule has 2 atom stereocenters. The molecule has 1 aromatic rings. The predicted octanol–water partition coefficient (Wildman–Crippen LogP) is 2.10. The molecule has 0 saturated carbocycles. The summed E-state index contributed by atoms with van der Waals surface area (Å²) in [5, 5.41) is 9.42. The Hall–Kier alpha value is -1.37. The minimum Gasteiger partial charge on any atom is -0.309 e. The van der Waals surface area contributed by atoms with Crippen LogP contribution in [0.15, 0.2) is 30.3 Å². The van der Waals surface area contributed by atoms with Crippen LogP contribution < -0.4 is 5.73 Å². The Morgan fingerprint density at radius 1 is 1.44 bits per heavy atom. The normalized spacial score (nSPS) is 23.5. The summed E-state index contributed by atoms with van der Waals surface area (Å²) < 4.78 is 0. The lowest BCUT2D eigenvalue weighted by molar-refractivity contribution is 0.273. The summed E-state index contributed by atoms with van der Waals surface area (Å²) >= 11 is 0. The van der Waals surface area contributed by atoms with E-state index in [0.29, 0.717) is 6.54 Å². The minimum absolute atomic E-state index is 0.629. The van der Waals surface area contributed by atoms with Gasteiger partial charge in [-0.3, -0.25) is 4.90 Å². The molecule has 0 bridgehead atoms. The lowest BCUT2D eigenvalue weighted by Gasteiger charge is -2.28. The quantitative estimate of drug-likeness (QED) is 0.881. The number of nitrogens with zero attached hydrogens (tertiary/aromatic N) is 2. The van der Waals surface area contributed by atoms with Gasteiger partial charge in [-0.05, 0) is 24.4 Å². The third kappa shape index (κ3) is 2.72. The average molecular weight is 243 g/mol. The SMILES string of the molecule is CCC1CCN(CC(N)(C#N)c2ccccc2)C1. The molecule has 1 aromatic carbocycles. The first-order valence-electron chi connectivity index (χ1n) is 6.66. The molecule has 1 fully saturated rings. The van der Waals surface area contributed by atoms with Crippen LogP contribution >= 0.6 is 0 Å². The van der Waals surface area contributed by atoms with Gasteiger partial charge in [0.2, 0.25) is 0 Å². The van der Waals surface area contributed by atoms with Crippen molar-refractivity contribution in [1.82, 2.24) is 4.90 Å². The molecule has 0 aliphatic carbocycles. The van der Waals surface area contributed by atoms with Crippen LogP contribution in [0.3, 0.4) is 0 Å². The van der Waals surface area contributed by atoms with Gasteiger partial charge in [-0.2, -0.15) is 5.26 Å². The Labute approximate surface area is 109 Å². The summed E-state index contributed by atoms with van der Waals surface area (Å²) in [5.41, 5.74) is 6.31. The molecule has 0 amide bonds. The molecule has 2 rings (SSSR count). The second-order valence-electron chi connectivity index (χ2n) is 5.25. The number of nitriles is 1. The van der Waals surface area contributed by atoms with Crippen molar-refractivity contribution in [1.29, 1.82) is 5.26 Å². The van der Waals surface area contributed by atoms with Crippen molar-refractivity contribution in [3.63, 3.8) is 0 Å². The number of likely N-dealkylation sites (tertiary alicyclic amines) is 1. The van der Waals surface area contributed by atoms with E-state index < -0.39 is 5.54 Å². The third-order valence-corrected chi connectivity index (χ3v) is 3.91. The molecule has 3 nitrogen and oxygen atoms in total. The maximum Gasteiger partial charge on any atom is 0.142 e. The van der Waals surface area contributed by atoms with Crippen LogP contribution in [0.4, 0.5) is 0 Å². The van der Waals surface area contributed by atoms with Gasteiger partial charge in [-0.25, -0.2) is 0 Å². The van der Waals surface area contributed by atoms with E-state index >= 15 is 0 Å². The Bertz CT molecular complexity index is 423. The summed E-state index contributed by atoms with van der Waals surface area (Å²) in [7, 11) is 0. The van der Waals surface area contributed by atoms with E-state index in [1.54, 1.807) is 0 Å². The number of hydrogen-bond donors (Lipinski definition) is 1. The molecule has 96 valence electrons. The first-order chi connectivity index (χ1) is 8.68. The molecule has 1 saturated heterocycles. The average Bonchev–Trinajstić information content (AvgIpc) is 2.87. The molecule has 0 spiro atoms. The first kappa shape index (κ1) is 13.1.